The van der Waals surface area contributed by atoms with Gasteiger partial charge in [-0.2, -0.15) is 0 Å². The highest BCUT2D eigenvalue weighted by molar-refractivity contribution is 7.19. The Bertz CT molecular complexity index is 878. The van der Waals surface area contributed by atoms with Crippen LogP contribution in [0.3, 0.4) is 0 Å². The summed E-state index contributed by atoms with van der Waals surface area (Å²) in [6, 6.07) is 16.5. The van der Waals surface area contributed by atoms with Crippen LogP contribution in [0.2, 0.25) is 0 Å². The lowest BCUT2D eigenvalue weighted by Crippen LogP contribution is -2.32. The number of terminal acetylenes is 1. The number of benzene rings is 2. The number of nitrogens with one attached hydrogen (secondary N) is 2. The van der Waals surface area contributed by atoms with Gasteiger partial charge in [-0.25, -0.2) is 4.79 Å². The molecule has 1 unspecified atom stereocenters. The maximum atomic E-state index is 11.9. The van der Waals surface area contributed by atoms with Crippen LogP contribution in [-0.4, -0.2) is 17.7 Å². The molecule has 0 radical (unpaired) electrons. The zero-order valence-corrected chi connectivity index (χ0v) is 13.6. The van der Waals surface area contributed by atoms with Crippen molar-refractivity contribution in [2.24, 2.45) is 0 Å². The summed E-state index contributed by atoms with van der Waals surface area (Å²) in [6.45, 7) is 0.132. The van der Waals surface area contributed by atoms with Gasteiger partial charge in [0.25, 0.3) is 0 Å². The van der Waals surface area contributed by atoms with E-state index in [1.165, 1.54) is 11.3 Å². The molecule has 24 heavy (non-hydrogen) atoms. The van der Waals surface area contributed by atoms with Crippen molar-refractivity contribution in [2.75, 3.05) is 11.9 Å². The zero-order chi connectivity index (χ0) is 16.9. The molecule has 0 spiro atoms. The normalized spacial score (nSPS) is 11.7. The predicted molar refractivity (Wildman–Crippen MR) is 98.2 cm³/mol. The third-order valence-corrected chi connectivity index (χ3v) is 4.73. The second-order valence-corrected chi connectivity index (χ2v) is 6.38. The van der Waals surface area contributed by atoms with E-state index in [4.69, 9.17) is 6.42 Å². The summed E-state index contributed by atoms with van der Waals surface area (Å²) >= 11 is 1.52. The third kappa shape index (κ3) is 3.74. The second kappa shape index (κ2) is 7.18. The molecule has 2 aromatic carbocycles. The Morgan fingerprint density at radius 2 is 2.04 bits per heavy atom. The summed E-state index contributed by atoms with van der Waals surface area (Å²) in [7, 11) is 0. The number of carbonyl (C=O) groups excluding carboxylic acids is 1. The molecule has 1 atom stereocenters. The molecule has 0 aliphatic heterocycles. The molecule has 4 nitrogen and oxygen atoms in total. The summed E-state index contributed by atoms with van der Waals surface area (Å²) in [6.07, 6.45) is 4.59. The average Bonchev–Trinajstić information content (AvgIpc) is 3.04. The van der Waals surface area contributed by atoms with Gasteiger partial charge in [-0.15, -0.1) is 17.8 Å². The van der Waals surface area contributed by atoms with E-state index in [1.807, 2.05) is 30.3 Å². The van der Waals surface area contributed by atoms with E-state index in [0.717, 1.165) is 15.0 Å². The number of fused-ring (bicyclic) bond motifs is 1. The number of amides is 2. The van der Waals surface area contributed by atoms with Crippen LogP contribution in [-0.2, 0) is 0 Å². The molecular formula is C19H16N2O2S. The summed E-state index contributed by atoms with van der Waals surface area (Å²) in [5.41, 5.74) is 1.30. The first kappa shape index (κ1) is 16.1. The van der Waals surface area contributed by atoms with Crippen molar-refractivity contribution >= 4 is 33.1 Å². The van der Waals surface area contributed by atoms with Gasteiger partial charge in [0.2, 0.25) is 0 Å². The van der Waals surface area contributed by atoms with E-state index in [9.17, 15) is 9.90 Å². The molecule has 3 N–H and O–H groups in total. The maximum Gasteiger partial charge on any atom is 0.319 e. The molecular weight excluding hydrogens is 320 g/mol. The number of urea groups is 1. The number of carbonyl (C=O) groups is 1. The lowest BCUT2D eigenvalue weighted by atomic mass is 10.2. The fraction of sp³-hybridized carbons (Fsp3) is 0.105. The van der Waals surface area contributed by atoms with Gasteiger partial charge in [-0.05, 0) is 35.7 Å². The van der Waals surface area contributed by atoms with Crippen LogP contribution < -0.4 is 10.6 Å². The quantitative estimate of drug-likeness (QED) is 0.636. The van der Waals surface area contributed by atoms with Crippen molar-refractivity contribution in [2.45, 2.75) is 6.10 Å². The fourth-order valence-corrected chi connectivity index (χ4v) is 3.37. The van der Waals surface area contributed by atoms with Gasteiger partial charge in [0.15, 0.2) is 0 Å². The monoisotopic (exact) mass is 336 g/mol. The van der Waals surface area contributed by atoms with Gasteiger partial charge in [0, 0.05) is 20.8 Å². The van der Waals surface area contributed by atoms with E-state index in [2.05, 4.69) is 16.6 Å². The van der Waals surface area contributed by atoms with E-state index in [-0.39, 0.29) is 12.6 Å². The van der Waals surface area contributed by atoms with Crippen LogP contribution in [0.15, 0.2) is 54.6 Å². The smallest absolute Gasteiger partial charge is 0.319 e. The van der Waals surface area contributed by atoms with Gasteiger partial charge in [0.05, 0.1) is 6.54 Å². The van der Waals surface area contributed by atoms with Crippen molar-refractivity contribution in [1.82, 2.24) is 5.32 Å². The Kier molecular flexibility index (Phi) is 4.80. The first-order valence-corrected chi connectivity index (χ1v) is 8.25. The highest BCUT2D eigenvalue weighted by Crippen LogP contribution is 2.29. The van der Waals surface area contributed by atoms with Gasteiger partial charge in [0.1, 0.15) is 6.10 Å². The highest BCUT2D eigenvalue weighted by Gasteiger charge is 2.12. The zero-order valence-electron chi connectivity index (χ0n) is 12.8. The number of aliphatic hydroxyl groups is 1. The van der Waals surface area contributed by atoms with Crippen molar-refractivity contribution in [3.05, 3.63) is 65.0 Å². The van der Waals surface area contributed by atoms with Crippen LogP contribution in [0.5, 0.6) is 0 Å². The first-order valence-electron chi connectivity index (χ1n) is 7.44. The van der Waals surface area contributed by atoms with Crippen LogP contribution in [0, 0.1) is 12.3 Å². The van der Waals surface area contributed by atoms with Crippen molar-refractivity contribution in [3.8, 4) is 12.3 Å². The Morgan fingerprint density at radius 1 is 1.21 bits per heavy atom. The van der Waals surface area contributed by atoms with Crippen LogP contribution >= 0.6 is 11.3 Å². The van der Waals surface area contributed by atoms with Gasteiger partial charge in [-0.3, -0.25) is 0 Å². The lowest BCUT2D eigenvalue weighted by molar-refractivity contribution is 0.178. The number of rotatable bonds is 4. The van der Waals surface area contributed by atoms with Crippen LogP contribution in [0.1, 0.15) is 16.5 Å². The summed E-state index contributed by atoms with van der Waals surface area (Å²) in [5, 5.41) is 16.7. The van der Waals surface area contributed by atoms with Crippen LogP contribution in [0.4, 0.5) is 10.5 Å². The topological polar surface area (TPSA) is 61.4 Å². The van der Waals surface area contributed by atoms with Crippen LogP contribution in [0.25, 0.3) is 10.1 Å². The van der Waals surface area contributed by atoms with E-state index in [0.29, 0.717) is 11.3 Å². The predicted octanol–water partition coefficient (Wildman–Crippen LogP) is 3.74. The molecule has 2 amide bonds. The summed E-state index contributed by atoms with van der Waals surface area (Å²) in [5.74, 6) is 2.51. The molecule has 3 aromatic rings. The van der Waals surface area contributed by atoms with Gasteiger partial charge < -0.3 is 15.7 Å². The molecule has 0 aliphatic carbocycles. The Balaban J connectivity index is 1.58. The lowest BCUT2D eigenvalue weighted by Gasteiger charge is -2.11. The fourth-order valence-electron chi connectivity index (χ4n) is 2.32. The van der Waals surface area contributed by atoms with E-state index in [1.54, 1.807) is 24.3 Å². The molecule has 0 saturated heterocycles. The standard InChI is InChI=1S/C19H16N2O2S/c1-2-13-6-5-8-15(10-13)21-19(23)20-12-16(22)18-11-14-7-3-4-9-17(14)24-18/h1,3-11,16,22H,12H2,(H2,20,21,23). The van der Waals surface area contributed by atoms with E-state index < -0.39 is 6.10 Å². The van der Waals surface area contributed by atoms with Gasteiger partial charge >= 0.3 is 6.03 Å². The van der Waals surface area contributed by atoms with E-state index >= 15 is 0 Å². The maximum absolute atomic E-state index is 11.9. The minimum Gasteiger partial charge on any atom is -0.386 e. The summed E-state index contributed by atoms with van der Waals surface area (Å²) < 4.78 is 1.11. The Labute approximate surface area is 144 Å². The molecule has 3 rings (SSSR count). The molecule has 0 bridgehead atoms. The minimum atomic E-state index is -0.745. The number of hydrogen-bond donors (Lipinski definition) is 3. The number of hydrogen-bond acceptors (Lipinski definition) is 3. The molecule has 5 heteroatoms. The first-order chi connectivity index (χ1) is 11.7. The molecule has 0 fully saturated rings. The van der Waals surface area contributed by atoms with Crippen molar-refractivity contribution in [1.29, 1.82) is 0 Å². The largest absolute Gasteiger partial charge is 0.386 e. The second-order valence-electron chi connectivity index (χ2n) is 5.26. The van der Waals surface area contributed by atoms with Gasteiger partial charge in [-0.1, -0.05) is 30.2 Å². The minimum absolute atomic E-state index is 0.132. The average molecular weight is 336 g/mol. The highest BCUT2D eigenvalue weighted by atomic mass is 32.1. The molecule has 1 aromatic heterocycles. The third-order valence-electron chi connectivity index (χ3n) is 3.52. The number of thiophene rings is 1. The SMILES string of the molecule is C#Cc1cccc(NC(=O)NCC(O)c2cc3ccccc3s2)c1. The summed E-state index contributed by atoms with van der Waals surface area (Å²) in [4.78, 5) is 12.8. The molecule has 1 heterocycles. The molecule has 0 saturated carbocycles. The van der Waals surface area contributed by atoms with Crippen molar-refractivity contribution in [3.63, 3.8) is 0 Å². The van der Waals surface area contributed by atoms with Crippen molar-refractivity contribution < 1.29 is 9.90 Å². The number of aliphatic hydroxyl groups excluding tert-OH is 1. The Hall–Kier alpha value is -2.81. The number of anilines is 1. The Morgan fingerprint density at radius 3 is 2.83 bits per heavy atom. The molecule has 0 aliphatic rings. The molecule has 120 valence electrons.